The molecular weight excluding hydrogens is 138 g/mol. The summed E-state index contributed by atoms with van der Waals surface area (Å²) in [6.45, 7) is 6.25. The molecule has 0 aliphatic heterocycles. The van der Waals surface area contributed by atoms with E-state index in [1.807, 2.05) is 6.92 Å². The molecule has 0 unspecified atom stereocenters. The summed E-state index contributed by atoms with van der Waals surface area (Å²) in [6.07, 6.45) is 3.20. The lowest BCUT2D eigenvalue weighted by Crippen LogP contribution is -2.42. The molecule has 1 atom stereocenters. The Morgan fingerprint density at radius 1 is 1.27 bits per heavy atom. The first kappa shape index (κ1) is 8.57. The fraction of sp³-hybridized carbons (Fsp3) is 0.889. The van der Waals surface area contributed by atoms with Crippen molar-refractivity contribution in [3.05, 3.63) is 0 Å². The summed E-state index contributed by atoms with van der Waals surface area (Å²) in [7, 11) is 0. The summed E-state index contributed by atoms with van der Waals surface area (Å²) in [5.74, 6) is -0.139. The van der Waals surface area contributed by atoms with Crippen molar-refractivity contribution < 1.29 is 4.79 Å². The standard InChI is InChI=1S/C9H17NO/c1-8(2)5-4-6-9(8,3)7(10)11/h4-6H2,1-3H3,(H2,10,11)/t9-/m1/s1. The Balaban J connectivity index is 2.93. The van der Waals surface area contributed by atoms with E-state index in [1.165, 1.54) is 0 Å². The third kappa shape index (κ3) is 1.05. The average molecular weight is 155 g/mol. The number of nitrogens with two attached hydrogens (primary N) is 1. The van der Waals surface area contributed by atoms with Gasteiger partial charge in [-0.25, -0.2) is 0 Å². The van der Waals surface area contributed by atoms with Gasteiger partial charge in [0.2, 0.25) is 5.91 Å². The van der Waals surface area contributed by atoms with Crippen LogP contribution in [0.3, 0.4) is 0 Å². The minimum atomic E-state index is -0.271. The molecule has 1 aliphatic carbocycles. The number of amides is 1. The van der Waals surface area contributed by atoms with E-state index >= 15 is 0 Å². The maximum absolute atomic E-state index is 11.2. The van der Waals surface area contributed by atoms with Crippen molar-refractivity contribution in [3.63, 3.8) is 0 Å². The van der Waals surface area contributed by atoms with Gasteiger partial charge in [0.25, 0.3) is 0 Å². The van der Waals surface area contributed by atoms with E-state index < -0.39 is 0 Å². The highest BCUT2D eigenvalue weighted by Gasteiger charge is 2.49. The van der Waals surface area contributed by atoms with Crippen molar-refractivity contribution in [2.75, 3.05) is 0 Å². The molecule has 0 aromatic rings. The zero-order valence-corrected chi connectivity index (χ0v) is 7.61. The van der Waals surface area contributed by atoms with Crippen LogP contribution in [0.2, 0.25) is 0 Å². The molecule has 1 aliphatic rings. The largest absolute Gasteiger partial charge is 0.369 e. The van der Waals surface area contributed by atoms with Gasteiger partial charge in [-0.05, 0) is 18.3 Å². The van der Waals surface area contributed by atoms with E-state index in [2.05, 4.69) is 13.8 Å². The highest BCUT2D eigenvalue weighted by atomic mass is 16.1. The second-order valence-corrected chi connectivity index (χ2v) is 4.43. The predicted octanol–water partition coefficient (Wildman–Crippen LogP) is 1.69. The van der Waals surface area contributed by atoms with Gasteiger partial charge in [0, 0.05) is 0 Å². The second kappa shape index (κ2) is 2.23. The zero-order chi connectivity index (χ0) is 8.70. The van der Waals surface area contributed by atoms with Crippen LogP contribution < -0.4 is 5.73 Å². The fourth-order valence-electron chi connectivity index (χ4n) is 1.95. The summed E-state index contributed by atoms with van der Waals surface area (Å²) in [6, 6.07) is 0. The van der Waals surface area contributed by atoms with Crippen LogP contribution in [0.4, 0.5) is 0 Å². The molecule has 0 spiro atoms. The average Bonchev–Trinajstić information content (AvgIpc) is 2.09. The van der Waals surface area contributed by atoms with Gasteiger partial charge >= 0.3 is 0 Å². The van der Waals surface area contributed by atoms with E-state index in [-0.39, 0.29) is 16.7 Å². The van der Waals surface area contributed by atoms with E-state index in [0.29, 0.717) is 0 Å². The lowest BCUT2D eigenvalue weighted by Gasteiger charge is -2.35. The lowest BCUT2D eigenvalue weighted by atomic mass is 9.69. The zero-order valence-electron chi connectivity index (χ0n) is 7.61. The van der Waals surface area contributed by atoms with Crippen LogP contribution in [0.25, 0.3) is 0 Å². The fourth-order valence-corrected chi connectivity index (χ4v) is 1.95. The van der Waals surface area contributed by atoms with Crippen molar-refractivity contribution >= 4 is 5.91 Å². The minimum absolute atomic E-state index is 0.0961. The van der Waals surface area contributed by atoms with Crippen LogP contribution in [0, 0.1) is 10.8 Å². The highest BCUT2D eigenvalue weighted by Crippen LogP contribution is 2.51. The predicted molar refractivity (Wildman–Crippen MR) is 44.9 cm³/mol. The quantitative estimate of drug-likeness (QED) is 0.615. The van der Waals surface area contributed by atoms with Crippen molar-refractivity contribution in [2.24, 2.45) is 16.6 Å². The van der Waals surface area contributed by atoms with E-state index in [9.17, 15) is 4.79 Å². The number of hydrogen-bond donors (Lipinski definition) is 1. The van der Waals surface area contributed by atoms with Gasteiger partial charge in [-0.1, -0.05) is 27.2 Å². The molecule has 0 aromatic heterocycles. The van der Waals surface area contributed by atoms with Crippen LogP contribution in [-0.4, -0.2) is 5.91 Å². The topological polar surface area (TPSA) is 43.1 Å². The van der Waals surface area contributed by atoms with Gasteiger partial charge < -0.3 is 5.73 Å². The van der Waals surface area contributed by atoms with Crippen LogP contribution >= 0.6 is 0 Å². The van der Waals surface area contributed by atoms with Gasteiger partial charge in [0.05, 0.1) is 5.41 Å². The molecule has 2 nitrogen and oxygen atoms in total. The molecular formula is C9H17NO. The molecule has 1 saturated carbocycles. The molecule has 2 N–H and O–H groups in total. The first-order valence-corrected chi connectivity index (χ1v) is 4.20. The third-order valence-corrected chi connectivity index (χ3v) is 3.52. The van der Waals surface area contributed by atoms with Crippen LogP contribution in [0.1, 0.15) is 40.0 Å². The lowest BCUT2D eigenvalue weighted by molar-refractivity contribution is -0.131. The van der Waals surface area contributed by atoms with E-state index in [1.54, 1.807) is 0 Å². The number of carbonyl (C=O) groups is 1. The smallest absolute Gasteiger partial charge is 0.223 e. The Labute approximate surface area is 68.2 Å². The Morgan fingerprint density at radius 3 is 2.00 bits per heavy atom. The first-order chi connectivity index (χ1) is 4.90. The van der Waals surface area contributed by atoms with Gasteiger partial charge in [0.1, 0.15) is 0 Å². The molecule has 2 heteroatoms. The molecule has 1 rings (SSSR count). The van der Waals surface area contributed by atoms with Gasteiger partial charge in [0.15, 0.2) is 0 Å². The number of hydrogen-bond acceptors (Lipinski definition) is 1. The van der Waals surface area contributed by atoms with E-state index in [4.69, 9.17) is 5.73 Å². The molecule has 11 heavy (non-hydrogen) atoms. The minimum Gasteiger partial charge on any atom is -0.369 e. The number of carbonyl (C=O) groups excluding carboxylic acids is 1. The Morgan fingerprint density at radius 2 is 1.82 bits per heavy atom. The Hall–Kier alpha value is -0.530. The monoisotopic (exact) mass is 155 g/mol. The maximum atomic E-state index is 11.2. The Kier molecular flexibility index (Phi) is 1.73. The summed E-state index contributed by atoms with van der Waals surface area (Å²) in [5, 5.41) is 0. The van der Waals surface area contributed by atoms with E-state index in [0.717, 1.165) is 19.3 Å². The molecule has 0 saturated heterocycles. The molecule has 0 heterocycles. The summed E-state index contributed by atoms with van der Waals surface area (Å²) >= 11 is 0. The van der Waals surface area contributed by atoms with Gasteiger partial charge in [-0.15, -0.1) is 0 Å². The second-order valence-electron chi connectivity index (χ2n) is 4.43. The van der Waals surface area contributed by atoms with Crippen molar-refractivity contribution in [1.29, 1.82) is 0 Å². The summed E-state index contributed by atoms with van der Waals surface area (Å²) < 4.78 is 0. The third-order valence-electron chi connectivity index (χ3n) is 3.52. The van der Waals surface area contributed by atoms with Crippen LogP contribution in [0.15, 0.2) is 0 Å². The summed E-state index contributed by atoms with van der Waals surface area (Å²) in [5.41, 5.74) is 5.19. The van der Waals surface area contributed by atoms with Crippen LogP contribution in [-0.2, 0) is 4.79 Å². The molecule has 0 radical (unpaired) electrons. The van der Waals surface area contributed by atoms with Gasteiger partial charge in [-0.3, -0.25) is 4.79 Å². The van der Waals surface area contributed by atoms with Crippen molar-refractivity contribution in [1.82, 2.24) is 0 Å². The van der Waals surface area contributed by atoms with Crippen molar-refractivity contribution in [2.45, 2.75) is 40.0 Å². The highest BCUT2D eigenvalue weighted by molar-refractivity contribution is 5.81. The molecule has 64 valence electrons. The molecule has 0 aromatic carbocycles. The first-order valence-electron chi connectivity index (χ1n) is 4.20. The normalized spacial score (nSPS) is 35.5. The summed E-state index contributed by atoms with van der Waals surface area (Å²) in [4.78, 5) is 11.2. The Bertz CT molecular complexity index is 186. The number of primary amides is 1. The molecule has 1 amide bonds. The van der Waals surface area contributed by atoms with Crippen LogP contribution in [0.5, 0.6) is 0 Å². The molecule has 1 fully saturated rings. The van der Waals surface area contributed by atoms with Crippen molar-refractivity contribution in [3.8, 4) is 0 Å². The van der Waals surface area contributed by atoms with Gasteiger partial charge in [-0.2, -0.15) is 0 Å². The molecule has 0 bridgehead atoms. The SMILES string of the molecule is CC1(C)CCC[C@]1(C)C(N)=O. The maximum Gasteiger partial charge on any atom is 0.223 e. The number of rotatable bonds is 1.